The van der Waals surface area contributed by atoms with E-state index in [0.717, 1.165) is 31.4 Å². The molecule has 0 spiro atoms. The molecule has 2 amide bonds. The van der Waals surface area contributed by atoms with Gasteiger partial charge in [-0.2, -0.15) is 0 Å². The van der Waals surface area contributed by atoms with Crippen LogP contribution in [0.4, 0.5) is 10.5 Å². The number of anilines is 1. The minimum atomic E-state index is -0.198. The van der Waals surface area contributed by atoms with Crippen molar-refractivity contribution in [2.45, 2.75) is 51.6 Å². The van der Waals surface area contributed by atoms with Gasteiger partial charge in [-0.05, 0) is 48.8 Å². The minimum Gasteiger partial charge on any atom is -0.393 e. The van der Waals surface area contributed by atoms with Crippen molar-refractivity contribution in [1.82, 2.24) is 5.32 Å². The van der Waals surface area contributed by atoms with Gasteiger partial charge in [-0.3, -0.25) is 0 Å². The van der Waals surface area contributed by atoms with Gasteiger partial charge < -0.3 is 15.7 Å². The topological polar surface area (TPSA) is 61.4 Å². The van der Waals surface area contributed by atoms with Gasteiger partial charge in [-0.1, -0.05) is 32.4 Å². The molecule has 3 N–H and O–H groups in total. The average Bonchev–Trinajstić information content (AvgIpc) is 2.45. The molecule has 0 bridgehead atoms. The average molecular weight is 290 g/mol. The van der Waals surface area contributed by atoms with Gasteiger partial charge in [0.1, 0.15) is 0 Å². The maximum absolute atomic E-state index is 11.9. The molecule has 4 nitrogen and oxygen atoms in total. The number of urea groups is 1. The Morgan fingerprint density at radius 1 is 1.38 bits per heavy atom. The predicted octanol–water partition coefficient (Wildman–Crippen LogP) is 3.48. The summed E-state index contributed by atoms with van der Waals surface area (Å²) in [6.07, 6.45) is 3.62. The first-order valence-electron chi connectivity index (χ1n) is 7.87. The fourth-order valence-electron chi connectivity index (χ4n) is 2.84. The lowest BCUT2D eigenvalue weighted by atomic mass is 9.87. The lowest BCUT2D eigenvalue weighted by molar-refractivity contribution is 0.101. The SMILES string of the molecule is CC(C)c1cccc(NC(=O)NCC2CCCC(O)C2)c1. The number of benzene rings is 1. The third-order valence-corrected chi connectivity index (χ3v) is 4.12. The van der Waals surface area contributed by atoms with Gasteiger partial charge in [0, 0.05) is 12.2 Å². The maximum Gasteiger partial charge on any atom is 0.319 e. The van der Waals surface area contributed by atoms with Gasteiger partial charge in [0.2, 0.25) is 0 Å². The molecule has 0 aromatic heterocycles. The number of carbonyl (C=O) groups is 1. The molecule has 4 heteroatoms. The zero-order chi connectivity index (χ0) is 15.2. The molecule has 0 heterocycles. The first kappa shape index (κ1) is 15.8. The van der Waals surface area contributed by atoms with Crippen LogP contribution >= 0.6 is 0 Å². The second kappa shape index (κ2) is 7.46. The summed E-state index contributed by atoms with van der Waals surface area (Å²) in [4.78, 5) is 11.9. The molecule has 1 aromatic carbocycles. The highest BCUT2D eigenvalue weighted by Crippen LogP contribution is 2.23. The van der Waals surface area contributed by atoms with Crippen LogP contribution in [-0.2, 0) is 0 Å². The Morgan fingerprint density at radius 2 is 2.19 bits per heavy atom. The Kier molecular flexibility index (Phi) is 5.62. The molecule has 1 fully saturated rings. The molecule has 1 aliphatic carbocycles. The van der Waals surface area contributed by atoms with Crippen molar-refractivity contribution in [2.75, 3.05) is 11.9 Å². The van der Waals surface area contributed by atoms with Crippen LogP contribution in [0.5, 0.6) is 0 Å². The number of nitrogens with one attached hydrogen (secondary N) is 2. The molecule has 0 radical (unpaired) electrons. The molecule has 1 saturated carbocycles. The number of rotatable bonds is 4. The second-order valence-corrected chi connectivity index (χ2v) is 6.30. The summed E-state index contributed by atoms with van der Waals surface area (Å²) in [5.74, 6) is 0.833. The van der Waals surface area contributed by atoms with E-state index in [2.05, 4.69) is 30.5 Å². The van der Waals surface area contributed by atoms with Gasteiger partial charge in [-0.15, -0.1) is 0 Å². The van der Waals surface area contributed by atoms with Gasteiger partial charge in [0.15, 0.2) is 0 Å². The van der Waals surface area contributed by atoms with Gasteiger partial charge in [0.25, 0.3) is 0 Å². The van der Waals surface area contributed by atoms with Crippen molar-refractivity contribution in [1.29, 1.82) is 0 Å². The van der Waals surface area contributed by atoms with E-state index in [1.165, 1.54) is 5.56 Å². The second-order valence-electron chi connectivity index (χ2n) is 6.30. The Hall–Kier alpha value is -1.55. The van der Waals surface area contributed by atoms with Gasteiger partial charge >= 0.3 is 6.03 Å². The standard InChI is InChI=1S/C17H26N2O2/c1-12(2)14-6-4-7-15(10-14)19-17(21)18-11-13-5-3-8-16(20)9-13/h4,6-7,10,12-13,16,20H,3,5,8-9,11H2,1-2H3,(H2,18,19,21). The quantitative estimate of drug-likeness (QED) is 0.795. The molecular weight excluding hydrogens is 264 g/mol. The van der Waals surface area contributed by atoms with Crippen LogP contribution < -0.4 is 10.6 Å². The van der Waals surface area contributed by atoms with E-state index in [-0.39, 0.29) is 12.1 Å². The summed E-state index contributed by atoms with van der Waals surface area (Å²) in [7, 11) is 0. The third-order valence-electron chi connectivity index (χ3n) is 4.12. The Morgan fingerprint density at radius 3 is 2.90 bits per heavy atom. The third kappa shape index (κ3) is 5.05. The number of hydrogen-bond acceptors (Lipinski definition) is 2. The number of aliphatic hydroxyl groups excluding tert-OH is 1. The molecular formula is C17H26N2O2. The number of hydrogen-bond donors (Lipinski definition) is 3. The molecule has 2 unspecified atom stereocenters. The molecule has 2 atom stereocenters. The minimum absolute atomic E-state index is 0.170. The van der Waals surface area contributed by atoms with Crippen molar-refractivity contribution in [2.24, 2.45) is 5.92 Å². The summed E-state index contributed by atoms with van der Waals surface area (Å²) in [6, 6.07) is 7.76. The fourth-order valence-corrected chi connectivity index (χ4v) is 2.84. The first-order valence-corrected chi connectivity index (χ1v) is 7.87. The van der Waals surface area contributed by atoms with E-state index in [4.69, 9.17) is 0 Å². The zero-order valence-corrected chi connectivity index (χ0v) is 12.9. The van der Waals surface area contributed by atoms with Crippen molar-refractivity contribution < 1.29 is 9.90 Å². The van der Waals surface area contributed by atoms with Crippen LogP contribution in [0.2, 0.25) is 0 Å². The predicted molar refractivity (Wildman–Crippen MR) is 85.5 cm³/mol. The van der Waals surface area contributed by atoms with Crippen LogP contribution in [0.25, 0.3) is 0 Å². The summed E-state index contributed by atoms with van der Waals surface area (Å²) >= 11 is 0. The molecule has 0 aliphatic heterocycles. The maximum atomic E-state index is 11.9. The van der Waals surface area contributed by atoms with Crippen LogP contribution in [0.15, 0.2) is 24.3 Å². The van der Waals surface area contributed by atoms with E-state index >= 15 is 0 Å². The lowest BCUT2D eigenvalue weighted by Gasteiger charge is -2.25. The first-order chi connectivity index (χ1) is 10.0. The Balaban J connectivity index is 1.80. The summed E-state index contributed by atoms with van der Waals surface area (Å²) in [6.45, 7) is 4.90. The monoisotopic (exact) mass is 290 g/mol. The highest BCUT2D eigenvalue weighted by Gasteiger charge is 2.20. The van der Waals surface area contributed by atoms with Crippen molar-refractivity contribution >= 4 is 11.7 Å². The largest absolute Gasteiger partial charge is 0.393 e. The normalized spacial score (nSPS) is 22.1. The lowest BCUT2D eigenvalue weighted by Crippen LogP contribution is -2.35. The van der Waals surface area contributed by atoms with E-state index in [9.17, 15) is 9.90 Å². The highest BCUT2D eigenvalue weighted by molar-refractivity contribution is 5.89. The fraction of sp³-hybridized carbons (Fsp3) is 0.588. The summed E-state index contributed by atoms with van der Waals surface area (Å²) in [5.41, 5.74) is 2.03. The molecule has 21 heavy (non-hydrogen) atoms. The smallest absolute Gasteiger partial charge is 0.319 e. The summed E-state index contributed by atoms with van der Waals surface area (Å²) < 4.78 is 0. The summed E-state index contributed by atoms with van der Waals surface area (Å²) in [5, 5.41) is 15.4. The number of aliphatic hydroxyl groups is 1. The van der Waals surface area contributed by atoms with Crippen LogP contribution in [0, 0.1) is 5.92 Å². The van der Waals surface area contributed by atoms with Crippen molar-refractivity contribution in [3.8, 4) is 0 Å². The van der Waals surface area contributed by atoms with Crippen LogP contribution in [-0.4, -0.2) is 23.8 Å². The van der Waals surface area contributed by atoms with Crippen LogP contribution in [0.1, 0.15) is 51.0 Å². The number of amides is 2. The zero-order valence-electron chi connectivity index (χ0n) is 12.9. The van der Waals surface area contributed by atoms with Crippen LogP contribution in [0.3, 0.4) is 0 Å². The Bertz CT molecular complexity index is 474. The van der Waals surface area contributed by atoms with Gasteiger partial charge in [0.05, 0.1) is 6.10 Å². The van der Waals surface area contributed by atoms with Crippen molar-refractivity contribution in [3.05, 3.63) is 29.8 Å². The molecule has 116 valence electrons. The molecule has 1 aromatic rings. The van der Waals surface area contributed by atoms with Crippen molar-refractivity contribution in [3.63, 3.8) is 0 Å². The van der Waals surface area contributed by atoms with E-state index in [0.29, 0.717) is 18.4 Å². The van der Waals surface area contributed by atoms with E-state index in [1.54, 1.807) is 0 Å². The van der Waals surface area contributed by atoms with E-state index in [1.807, 2.05) is 18.2 Å². The molecule has 0 saturated heterocycles. The number of carbonyl (C=O) groups excluding carboxylic acids is 1. The molecule has 2 rings (SSSR count). The Labute approximate surface area is 126 Å². The highest BCUT2D eigenvalue weighted by atomic mass is 16.3. The van der Waals surface area contributed by atoms with Gasteiger partial charge in [-0.25, -0.2) is 4.79 Å². The van der Waals surface area contributed by atoms with E-state index < -0.39 is 0 Å². The molecule has 1 aliphatic rings.